The molecule has 0 amide bonds. The zero-order chi connectivity index (χ0) is 13.1. The molecule has 1 aliphatic rings. The number of fused-ring (bicyclic) bond motifs is 1. The molecule has 2 rings (SSSR count). The molecular weight excluding hydrogens is 230 g/mol. The van der Waals surface area contributed by atoms with E-state index in [1.54, 1.807) is 14.2 Å². The Morgan fingerprint density at radius 2 is 1.94 bits per heavy atom. The van der Waals surface area contributed by atoms with E-state index in [1.165, 1.54) is 0 Å². The second-order valence-corrected chi connectivity index (χ2v) is 4.61. The Kier molecular flexibility index (Phi) is 4.09. The van der Waals surface area contributed by atoms with Gasteiger partial charge in [-0.1, -0.05) is 6.92 Å². The lowest BCUT2D eigenvalue weighted by molar-refractivity contribution is 0.0885. The third kappa shape index (κ3) is 2.31. The van der Waals surface area contributed by atoms with Crippen molar-refractivity contribution in [2.45, 2.75) is 26.0 Å². The fraction of sp³-hybridized carbons (Fsp3) is 0.571. The van der Waals surface area contributed by atoms with Crippen LogP contribution in [0.5, 0.6) is 11.5 Å². The van der Waals surface area contributed by atoms with Crippen LogP contribution in [0.15, 0.2) is 12.1 Å². The number of methoxy groups -OCH3 is 2. The highest BCUT2D eigenvalue weighted by atomic mass is 16.5. The fourth-order valence-corrected chi connectivity index (χ4v) is 2.63. The van der Waals surface area contributed by atoms with Crippen LogP contribution in [0.2, 0.25) is 0 Å². The molecule has 1 aromatic rings. The second kappa shape index (κ2) is 5.59. The number of benzene rings is 1. The predicted molar refractivity (Wildman–Crippen MR) is 70.1 cm³/mol. The molecule has 18 heavy (non-hydrogen) atoms. The third-order valence-electron chi connectivity index (χ3n) is 3.40. The number of aliphatic hydroxyl groups is 1. The first-order valence-corrected chi connectivity index (χ1v) is 6.35. The minimum absolute atomic E-state index is 0.509. The van der Waals surface area contributed by atoms with Crippen LogP contribution >= 0.6 is 0 Å². The maximum absolute atomic E-state index is 10.3. The van der Waals surface area contributed by atoms with E-state index >= 15 is 0 Å². The molecule has 1 aliphatic heterocycles. The van der Waals surface area contributed by atoms with Gasteiger partial charge in [0, 0.05) is 24.2 Å². The van der Waals surface area contributed by atoms with Gasteiger partial charge in [0.1, 0.15) is 11.5 Å². The largest absolute Gasteiger partial charge is 0.496 e. The molecule has 0 radical (unpaired) electrons. The average Bonchev–Trinajstić information content (AvgIpc) is 2.37. The average molecular weight is 251 g/mol. The highest BCUT2D eigenvalue weighted by molar-refractivity contribution is 5.51. The summed E-state index contributed by atoms with van der Waals surface area (Å²) in [7, 11) is 3.29. The molecule has 0 saturated carbocycles. The Hall–Kier alpha value is -1.26. The van der Waals surface area contributed by atoms with Crippen molar-refractivity contribution in [1.29, 1.82) is 0 Å². The van der Waals surface area contributed by atoms with Gasteiger partial charge in [0.25, 0.3) is 0 Å². The van der Waals surface area contributed by atoms with E-state index in [2.05, 4.69) is 11.8 Å². The zero-order valence-electron chi connectivity index (χ0n) is 11.3. The molecule has 1 N–H and O–H groups in total. The SMILES string of the molecule is CCCN1Cc2c(OC)ccc(OC)c2[C@@H](O)C1. The van der Waals surface area contributed by atoms with Crippen molar-refractivity contribution in [3.8, 4) is 11.5 Å². The molecule has 4 nitrogen and oxygen atoms in total. The molecular formula is C14H21NO3. The van der Waals surface area contributed by atoms with E-state index in [4.69, 9.17) is 9.47 Å². The van der Waals surface area contributed by atoms with E-state index in [1.807, 2.05) is 12.1 Å². The van der Waals surface area contributed by atoms with Gasteiger partial charge in [0.2, 0.25) is 0 Å². The Morgan fingerprint density at radius 1 is 1.28 bits per heavy atom. The van der Waals surface area contributed by atoms with Crippen LogP contribution in [0.4, 0.5) is 0 Å². The van der Waals surface area contributed by atoms with Crippen molar-refractivity contribution in [3.05, 3.63) is 23.3 Å². The van der Waals surface area contributed by atoms with Crippen molar-refractivity contribution < 1.29 is 14.6 Å². The van der Waals surface area contributed by atoms with Gasteiger partial charge in [-0.05, 0) is 25.1 Å². The second-order valence-electron chi connectivity index (χ2n) is 4.61. The molecule has 0 spiro atoms. The number of ether oxygens (including phenoxy) is 2. The first kappa shape index (κ1) is 13.2. The Labute approximate surface area is 108 Å². The van der Waals surface area contributed by atoms with Crippen LogP contribution in [0, 0.1) is 0 Å². The summed E-state index contributed by atoms with van der Waals surface area (Å²) in [5, 5.41) is 10.3. The summed E-state index contributed by atoms with van der Waals surface area (Å²) < 4.78 is 10.7. The highest BCUT2D eigenvalue weighted by Gasteiger charge is 2.28. The number of rotatable bonds is 4. The molecule has 0 bridgehead atoms. The Bertz CT molecular complexity index is 420. The summed E-state index contributed by atoms with van der Waals surface area (Å²) in [5.41, 5.74) is 1.92. The van der Waals surface area contributed by atoms with Crippen LogP contribution in [0.3, 0.4) is 0 Å². The molecule has 0 unspecified atom stereocenters. The Morgan fingerprint density at radius 3 is 2.56 bits per heavy atom. The van der Waals surface area contributed by atoms with Crippen LogP contribution < -0.4 is 9.47 Å². The van der Waals surface area contributed by atoms with Crippen LogP contribution in [0.1, 0.15) is 30.6 Å². The molecule has 4 heteroatoms. The molecule has 0 aromatic heterocycles. The summed E-state index contributed by atoms with van der Waals surface area (Å²) in [4.78, 5) is 2.24. The van der Waals surface area contributed by atoms with Crippen molar-refractivity contribution in [1.82, 2.24) is 4.90 Å². The van der Waals surface area contributed by atoms with Gasteiger partial charge >= 0.3 is 0 Å². The zero-order valence-corrected chi connectivity index (χ0v) is 11.3. The lowest BCUT2D eigenvalue weighted by atomic mass is 9.95. The maximum Gasteiger partial charge on any atom is 0.125 e. The number of hydrogen-bond acceptors (Lipinski definition) is 4. The van der Waals surface area contributed by atoms with Crippen molar-refractivity contribution in [3.63, 3.8) is 0 Å². The highest BCUT2D eigenvalue weighted by Crippen LogP contribution is 2.39. The molecule has 0 fully saturated rings. The van der Waals surface area contributed by atoms with E-state index in [0.717, 1.165) is 42.1 Å². The molecule has 1 aromatic carbocycles. The van der Waals surface area contributed by atoms with Gasteiger partial charge in [0.05, 0.1) is 20.3 Å². The minimum atomic E-state index is -0.509. The first-order valence-electron chi connectivity index (χ1n) is 6.35. The van der Waals surface area contributed by atoms with Gasteiger partial charge < -0.3 is 14.6 Å². The van der Waals surface area contributed by atoms with Crippen LogP contribution in [-0.2, 0) is 6.54 Å². The molecule has 0 saturated heterocycles. The quantitative estimate of drug-likeness (QED) is 0.888. The fourth-order valence-electron chi connectivity index (χ4n) is 2.63. The lowest BCUT2D eigenvalue weighted by Crippen LogP contribution is -2.34. The van der Waals surface area contributed by atoms with Gasteiger partial charge in [-0.3, -0.25) is 4.90 Å². The van der Waals surface area contributed by atoms with Gasteiger partial charge in [0.15, 0.2) is 0 Å². The molecule has 0 aliphatic carbocycles. The maximum atomic E-state index is 10.3. The van der Waals surface area contributed by atoms with Gasteiger partial charge in [-0.2, -0.15) is 0 Å². The summed E-state index contributed by atoms with van der Waals surface area (Å²) in [6, 6.07) is 3.76. The minimum Gasteiger partial charge on any atom is -0.496 e. The van der Waals surface area contributed by atoms with Gasteiger partial charge in [-0.15, -0.1) is 0 Å². The molecule has 1 atom stereocenters. The lowest BCUT2D eigenvalue weighted by Gasteiger charge is -2.33. The van der Waals surface area contributed by atoms with Crippen molar-refractivity contribution in [2.75, 3.05) is 27.3 Å². The number of hydrogen-bond donors (Lipinski definition) is 1. The van der Waals surface area contributed by atoms with E-state index in [0.29, 0.717) is 6.54 Å². The third-order valence-corrected chi connectivity index (χ3v) is 3.40. The number of β-amino-alcohol motifs (C(OH)–C–C–N with tert-alkyl or cyclic N) is 1. The summed E-state index contributed by atoms with van der Waals surface area (Å²) in [6.45, 7) is 4.59. The summed E-state index contributed by atoms with van der Waals surface area (Å²) in [5.74, 6) is 1.57. The van der Waals surface area contributed by atoms with Crippen LogP contribution in [-0.4, -0.2) is 37.3 Å². The first-order chi connectivity index (χ1) is 8.71. The monoisotopic (exact) mass is 251 g/mol. The van der Waals surface area contributed by atoms with Crippen LogP contribution in [0.25, 0.3) is 0 Å². The molecule has 100 valence electrons. The number of nitrogens with zero attached hydrogens (tertiary/aromatic N) is 1. The number of aliphatic hydroxyl groups excluding tert-OH is 1. The smallest absolute Gasteiger partial charge is 0.125 e. The van der Waals surface area contributed by atoms with Crippen molar-refractivity contribution in [2.24, 2.45) is 0 Å². The standard InChI is InChI=1S/C14H21NO3/c1-4-7-15-8-10-12(17-2)5-6-13(18-3)14(10)11(16)9-15/h5-6,11,16H,4,7-9H2,1-3H3/t11-/m0/s1. The van der Waals surface area contributed by atoms with E-state index in [9.17, 15) is 5.11 Å². The topological polar surface area (TPSA) is 41.9 Å². The summed E-state index contributed by atoms with van der Waals surface area (Å²) in [6.07, 6.45) is 0.569. The Balaban J connectivity index is 2.42. The van der Waals surface area contributed by atoms with E-state index in [-0.39, 0.29) is 0 Å². The predicted octanol–water partition coefficient (Wildman–Crippen LogP) is 1.96. The molecule has 1 heterocycles. The van der Waals surface area contributed by atoms with E-state index < -0.39 is 6.10 Å². The summed E-state index contributed by atoms with van der Waals surface area (Å²) >= 11 is 0. The van der Waals surface area contributed by atoms with Crippen molar-refractivity contribution >= 4 is 0 Å². The van der Waals surface area contributed by atoms with Gasteiger partial charge in [-0.25, -0.2) is 0 Å². The normalized spacial score (nSPS) is 19.4.